The van der Waals surface area contributed by atoms with Crippen LogP contribution < -0.4 is 0 Å². The highest BCUT2D eigenvalue weighted by Crippen LogP contribution is 2.39. The van der Waals surface area contributed by atoms with E-state index < -0.39 is 0 Å². The highest BCUT2D eigenvalue weighted by atomic mass is 16.4. The van der Waals surface area contributed by atoms with Crippen molar-refractivity contribution in [1.82, 2.24) is 20.0 Å². The fraction of sp³-hybridized carbons (Fsp3) is 0.800. The lowest BCUT2D eigenvalue weighted by Crippen LogP contribution is -2.47. The molecular formula is C20H34N4O. The number of allylic oxidation sites excluding steroid dienone is 1. The minimum Gasteiger partial charge on any atom is -0.426 e. The smallest absolute Gasteiger partial charge is 0.217 e. The second kappa shape index (κ2) is 8.00. The number of likely N-dealkylation sites (N-methyl/N-ethyl adjacent to an activating group) is 1. The van der Waals surface area contributed by atoms with Gasteiger partial charge in [-0.05, 0) is 44.1 Å². The van der Waals surface area contributed by atoms with Gasteiger partial charge in [0.15, 0.2) is 0 Å². The Bertz CT molecular complexity index is 586. The summed E-state index contributed by atoms with van der Waals surface area (Å²) < 4.78 is 5.63. The van der Waals surface area contributed by atoms with Gasteiger partial charge < -0.3 is 14.2 Å². The molecule has 0 unspecified atom stereocenters. The molecule has 2 aliphatic rings. The molecule has 3 rings (SSSR count). The SMILES string of the molecule is CC1=C[C@@H](CN2CCN(C)CC2)[C@H](C(C)C)C[C@@H]1Cc1nnc(C)o1. The standard InChI is InChI=1S/C20H34N4O/c1-14(2)19-11-17(12-20-22-21-16(4)25-20)15(3)10-18(19)13-24-8-6-23(5)7-9-24/h10,14,17-19H,6-9,11-13H2,1-5H3/t17-,18+,19+/m1/s1. The van der Waals surface area contributed by atoms with Crippen LogP contribution in [0.1, 0.15) is 39.0 Å². The molecule has 1 aromatic rings. The molecule has 0 N–H and O–H groups in total. The van der Waals surface area contributed by atoms with Crippen molar-refractivity contribution in [2.24, 2.45) is 23.7 Å². The van der Waals surface area contributed by atoms with E-state index in [9.17, 15) is 0 Å². The molecule has 0 radical (unpaired) electrons. The van der Waals surface area contributed by atoms with E-state index in [0.29, 0.717) is 23.6 Å². The van der Waals surface area contributed by atoms with Gasteiger partial charge >= 0.3 is 0 Å². The first-order valence-electron chi connectivity index (χ1n) is 9.80. The van der Waals surface area contributed by atoms with Gasteiger partial charge in [-0.15, -0.1) is 10.2 Å². The normalized spacial score (nSPS) is 29.2. The van der Waals surface area contributed by atoms with Crippen molar-refractivity contribution in [3.05, 3.63) is 23.4 Å². The zero-order valence-corrected chi connectivity index (χ0v) is 16.5. The van der Waals surface area contributed by atoms with Crippen LogP contribution in [-0.2, 0) is 6.42 Å². The quantitative estimate of drug-likeness (QED) is 0.767. The van der Waals surface area contributed by atoms with Gasteiger partial charge in [0.05, 0.1) is 0 Å². The van der Waals surface area contributed by atoms with Gasteiger partial charge in [0, 0.05) is 46.1 Å². The third-order valence-corrected chi connectivity index (χ3v) is 6.14. The Labute approximate surface area is 152 Å². The molecule has 1 fully saturated rings. The van der Waals surface area contributed by atoms with Crippen LogP contribution in [0.5, 0.6) is 0 Å². The zero-order chi connectivity index (χ0) is 18.0. The maximum absolute atomic E-state index is 5.63. The van der Waals surface area contributed by atoms with E-state index in [1.54, 1.807) is 0 Å². The maximum atomic E-state index is 5.63. The number of rotatable bonds is 5. The fourth-order valence-electron chi connectivity index (χ4n) is 4.44. The number of hydrogen-bond donors (Lipinski definition) is 0. The lowest BCUT2D eigenvalue weighted by molar-refractivity contribution is 0.112. The van der Waals surface area contributed by atoms with E-state index in [4.69, 9.17) is 4.42 Å². The van der Waals surface area contributed by atoms with Crippen LogP contribution >= 0.6 is 0 Å². The Kier molecular flexibility index (Phi) is 5.95. The van der Waals surface area contributed by atoms with Crippen molar-refractivity contribution in [1.29, 1.82) is 0 Å². The molecule has 0 saturated carbocycles. The minimum absolute atomic E-state index is 0.538. The summed E-state index contributed by atoms with van der Waals surface area (Å²) in [6.07, 6.45) is 4.67. The maximum Gasteiger partial charge on any atom is 0.217 e. The van der Waals surface area contributed by atoms with E-state index in [0.717, 1.165) is 18.2 Å². The molecule has 1 aromatic heterocycles. The van der Waals surface area contributed by atoms with Crippen LogP contribution in [0.2, 0.25) is 0 Å². The Morgan fingerprint density at radius 3 is 2.48 bits per heavy atom. The molecule has 1 aliphatic carbocycles. The van der Waals surface area contributed by atoms with Gasteiger partial charge in [-0.25, -0.2) is 0 Å². The summed E-state index contributed by atoms with van der Waals surface area (Å²) in [6, 6.07) is 0. The summed E-state index contributed by atoms with van der Waals surface area (Å²) >= 11 is 0. The second-order valence-electron chi connectivity index (χ2n) is 8.44. The largest absolute Gasteiger partial charge is 0.426 e. The lowest BCUT2D eigenvalue weighted by Gasteiger charge is -2.41. The molecule has 1 saturated heterocycles. The monoisotopic (exact) mass is 346 g/mol. The Morgan fingerprint density at radius 1 is 1.16 bits per heavy atom. The summed E-state index contributed by atoms with van der Waals surface area (Å²) in [5.41, 5.74) is 1.51. The summed E-state index contributed by atoms with van der Waals surface area (Å²) in [5, 5.41) is 8.19. The summed E-state index contributed by atoms with van der Waals surface area (Å²) in [5.74, 6) is 4.10. The minimum atomic E-state index is 0.538. The third-order valence-electron chi connectivity index (χ3n) is 6.14. The first kappa shape index (κ1) is 18.6. The van der Waals surface area contributed by atoms with Crippen molar-refractivity contribution in [2.75, 3.05) is 39.8 Å². The van der Waals surface area contributed by atoms with Crippen LogP contribution in [0, 0.1) is 30.6 Å². The van der Waals surface area contributed by atoms with Crippen LogP contribution in [0.4, 0.5) is 0 Å². The predicted molar refractivity (Wildman–Crippen MR) is 100 cm³/mol. The van der Waals surface area contributed by atoms with Crippen LogP contribution in [0.25, 0.3) is 0 Å². The van der Waals surface area contributed by atoms with Crippen molar-refractivity contribution in [3.63, 3.8) is 0 Å². The van der Waals surface area contributed by atoms with Crippen molar-refractivity contribution >= 4 is 0 Å². The van der Waals surface area contributed by atoms with Crippen molar-refractivity contribution in [3.8, 4) is 0 Å². The third kappa shape index (κ3) is 4.70. The van der Waals surface area contributed by atoms with Crippen molar-refractivity contribution < 1.29 is 4.42 Å². The van der Waals surface area contributed by atoms with Gasteiger partial charge in [0.1, 0.15) is 0 Å². The van der Waals surface area contributed by atoms with Crippen molar-refractivity contribution in [2.45, 2.75) is 40.5 Å². The van der Waals surface area contributed by atoms with Gasteiger partial charge in [-0.3, -0.25) is 0 Å². The first-order valence-corrected chi connectivity index (χ1v) is 9.80. The number of hydrogen-bond acceptors (Lipinski definition) is 5. The van der Waals surface area contributed by atoms with E-state index in [1.807, 2.05) is 6.92 Å². The molecular weight excluding hydrogens is 312 g/mol. The van der Waals surface area contributed by atoms with Gasteiger partial charge in [-0.2, -0.15) is 0 Å². The molecule has 0 aromatic carbocycles. The second-order valence-corrected chi connectivity index (χ2v) is 8.44. The van der Waals surface area contributed by atoms with E-state index >= 15 is 0 Å². The Balaban J connectivity index is 1.68. The Morgan fingerprint density at radius 2 is 1.88 bits per heavy atom. The molecule has 0 bridgehead atoms. The lowest BCUT2D eigenvalue weighted by atomic mass is 9.69. The number of aryl methyl sites for hydroxylation is 1. The van der Waals surface area contributed by atoms with E-state index in [-0.39, 0.29) is 0 Å². The van der Waals surface area contributed by atoms with E-state index in [2.05, 4.69) is 53.9 Å². The molecule has 5 nitrogen and oxygen atoms in total. The molecule has 3 atom stereocenters. The Hall–Kier alpha value is -1.20. The average Bonchev–Trinajstić information content (AvgIpc) is 2.97. The molecule has 25 heavy (non-hydrogen) atoms. The summed E-state index contributed by atoms with van der Waals surface area (Å²) in [7, 11) is 2.22. The molecule has 5 heteroatoms. The highest BCUT2D eigenvalue weighted by Gasteiger charge is 2.33. The number of piperazine rings is 1. The average molecular weight is 347 g/mol. The predicted octanol–water partition coefficient (Wildman–Crippen LogP) is 3.02. The number of aromatic nitrogens is 2. The first-order chi connectivity index (χ1) is 11.9. The molecule has 1 aliphatic heterocycles. The summed E-state index contributed by atoms with van der Waals surface area (Å²) in [6.45, 7) is 14.9. The van der Waals surface area contributed by atoms with Crippen LogP contribution in [-0.4, -0.2) is 59.8 Å². The molecule has 2 heterocycles. The molecule has 0 spiro atoms. The molecule has 140 valence electrons. The zero-order valence-electron chi connectivity index (χ0n) is 16.5. The number of nitrogens with zero attached hydrogens (tertiary/aromatic N) is 4. The van der Waals surface area contributed by atoms with E-state index in [1.165, 1.54) is 44.7 Å². The van der Waals surface area contributed by atoms with Crippen LogP contribution in [0.15, 0.2) is 16.1 Å². The van der Waals surface area contributed by atoms with Gasteiger partial charge in [-0.1, -0.05) is 25.5 Å². The van der Waals surface area contributed by atoms with Gasteiger partial charge in [0.2, 0.25) is 11.8 Å². The fourth-order valence-corrected chi connectivity index (χ4v) is 4.44. The summed E-state index contributed by atoms with van der Waals surface area (Å²) in [4.78, 5) is 5.09. The topological polar surface area (TPSA) is 45.4 Å². The highest BCUT2D eigenvalue weighted by molar-refractivity contribution is 5.14. The van der Waals surface area contributed by atoms with Crippen LogP contribution in [0.3, 0.4) is 0 Å². The molecule has 0 amide bonds. The van der Waals surface area contributed by atoms with Gasteiger partial charge in [0.25, 0.3) is 0 Å².